The van der Waals surface area contributed by atoms with Gasteiger partial charge in [0.1, 0.15) is 0 Å². The summed E-state index contributed by atoms with van der Waals surface area (Å²) in [5.41, 5.74) is 20.5. The molecule has 8 aromatic carbocycles. The van der Waals surface area contributed by atoms with Crippen molar-refractivity contribution in [2.75, 3.05) is 10.2 Å². The van der Waals surface area contributed by atoms with Gasteiger partial charge in [0.15, 0.2) is 7.28 Å². The number of nitrogens with zero attached hydrogens (tertiary/aromatic N) is 1. The molecule has 1 N–H and O–H groups in total. The molecule has 0 atom stereocenters. The highest BCUT2D eigenvalue weighted by Gasteiger charge is 2.45. The fourth-order valence-corrected chi connectivity index (χ4v) is 9.34. The van der Waals surface area contributed by atoms with Crippen molar-refractivity contribution < 1.29 is 0 Å². The first-order valence-corrected chi connectivity index (χ1v) is 18.9. The van der Waals surface area contributed by atoms with Crippen LogP contribution in [0.3, 0.4) is 0 Å². The molecule has 0 aromatic heterocycles. The summed E-state index contributed by atoms with van der Waals surface area (Å²) in [5, 5.41) is 4.04. The van der Waals surface area contributed by atoms with Crippen LogP contribution in [0.5, 0.6) is 0 Å². The van der Waals surface area contributed by atoms with Crippen LogP contribution < -0.4 is 21.1 Å². The number of benzene rings is 8. The van der Waals surface area contributed by atoms with Crippen LogP contribution in [0, 0.1) is 13.8 Å². The summed E-state index contributed by atoms with van der Waals surface area (Å²) in [6.07, 6.45) is 0. The van der Waals surface area contributed by atoms with E-state index in [9.17, 15) is 0 Å². The second kappa shape index (κ2) is 12.8. The maximum absolute atomic E-state index is 4.04. The zero-order valence-corrected chi connectivity index (χ0v) is 30.6. The van der Waals surface area contributed by atoms with Gasteiger partial charge in [0.25, 0.3) is 0 Å². The molecule has 0 unspecified atom stereocenters. The van der Waals surface area contributed by atoms with E-state index in [-0.39, 0.29) is 0 Å². The molecule has 54 heavy (non-hydrogen) atoms. The molecule has 8 aromatic rings. The lowest BCUT2D eigenvalue weighted by Crippen LogP contribution is -2.41. The van der Waals surface area contributed by atoms with E-state index in [1.54, 1.807) is 0 Å². The van der Waals surface area contributed by atoms with Gasteiger partial charge in [-0.1, -0.05) is 157 Å². The standard InChI is InChI=1S/C51H39BN2/c1-34-18-16-19-35(2)48(34)36-32-41(49-47(33-36)54(39-24-10-5-11-25-39)46-31-15-13-29-44(46)52-49)40-26-17-28-43-50(40)53-45-30-14-12-27-42(45)51(43,37-20-6-3-7-21-37)38-22-8-4-9-23-38/h3-33,52-53H,1-2H3. The second-order valence-corrected chi connectivity index (χ2v) is 14.6. The van der Waals surface area contributed by atoms with Crippen molar-refractivity contribution in [2.24, 2.45) is 0 Å². The molecule has 0 bridgehead atoms. The van der Waals surface area contributed by atoms with Crippen LogP contribution in [0.1, 0.15) is 33.4 Å². The highest BCUT2D eigenvalue weighted by Crippen LogP contribution is 2.55. The molecule has 2 aliphatic rings. The Morgan fingerprint density at radius 3 is 1.81 bits per heavy atom. The number of hydrogen-bond donors (Lipinski definition) is 1. The number of hydrogen-bond acceptors (Lipinski definition) is 2. The molecule has 10 rings (SSSR count). The van der Waals surface area contributed by atoms with Gasteiger partial charge in [0.05, 0.1) is 11.1 Å². The number of fused-ring (bicyclic) bond motifs is 4. The topological polar surface area (TPSA) is 15.3 Å². The van der Waals surface area contributed by atoms with Crippen molar-refractivity contribution >= 4 is 46.6 Å². The minimum Gasteiger partial charge on any atom is -0.354 e. The van der Waals surface area contributed by atoms with Crippen LogP contribution in [0.15, 0.2) is 188 Å². The van der Waals surface area contributed by atoms with E-state index < -0.39 is 5.41 Å². The summed E-state index contributed by atoms with van der Waals surface area (Å²) in [5.74, 6) is 0. The van der Waals surface area contributed by atoms with Gasteiger partial charge in [-0.3, -0.25) is 0 Å². The van der Waals surface area contributed by atoms with Gasteiger partial charge < -0.3 is 10.2 Å². The highest BCUT2D eigenvalue weighted by molar-refractivity contribution is 6.73. The summed E-state index contributed by atoms with van der Waals surface area (Å²) in [6, 6.07) is 69.2. The zero-order valence-electron chi connectivity index (χ0n) is 30.6. The van der Waals surface area contributed by atoms with Crippen LogP contribution in [-0.2, 0) is 5.41 Å². The molecule has 0 amide bonds. The van der Waals surface area contributed by atoms with Crippen molar-refractivity contribution in [1.82, 2.24) is 0 Å². The Kier molecular flexibility index (Phi) is 7.62. The van der Waals surface area contributed by atoms with Crippen molar-refractivity contribution in [3.63, 3.8) is 0 Å². The van der Waals surface area contributed by atoms with E-state index in [1.165, 1.54) is 77.9 Å². The molecular weight excluding hydrogens is 651 g/mol. The fourth-order valence-electron chi connectivity index (χ4n) is 9.34. The van der Waals surface area contributed by atoms with Gasteiger partial charge in [0, 0.05) is 28.3 Å². The third-order valence-electron chi connectivity index (χ3n) is 11.6. The molecule has 256 valence electrons. The number of rotatable bonds is 5. The van der Waals surface area contributed by atoms with Gasteiger partial charge in [-0.15, -0.1) is 0 Å². The molecule has 2 aliphatic heterocycles. The first-order chi connectivity index (χ1) is 26.6. The zero-order chi connectivity index (χ0) is 36.2. The molecule has 0 fully saturated rings. The summed E-state index contributed by atoms with van der Waals surface area (Å²) in [4.78, 5) is 2.48. The van der Waals surface area contributed by atoms with Crippen molar-refractivity contribution in [3.8, 4) is 22.3 Å². The van der Waals surface area contributed by atoms with E-state index in [0.717, 1.165) is 24.3 Å². The number of nitrogens with one attached hydrogen (secondary N) is 1. The Balaban J connectivity index is 1.32. The first-order valence-electron chi connectivity index (χ1n) is 18.9. The van der Waals surface area contributed by atoms with Gasteiger partial charge >= 0.3 is 0 Å². The molecule has 3 heteroatoms. The average molecular weight is 691 g/mol. The van der Waals surface area contributed by atoms with E-state index in [1.807, 2.05) is 0 Å². The fraction of sp³-hybridized carbons (Fsp3) is 0.0588. The van der Waals surface area contributed by atoms with Gasteiger partial charge in [-0.2, -0.15) is 0 Å². The second-order valence-electron chi connectivity index (χ2n) is 14.6. The quantitative estimate of drug-likeness (QED) is 0.181. The van der Waals surface area contributed by atoms with Crippen LogP contribution in [0.4, 0.5) is 28.4 Å². The van der Waals surface area contributed by atoms with Crippen molar-refractivity contribution in [3.05, 3.63) is 221 Å². The molecule has 0 aliphatic carbocycles. The third-order valence-corrected chi connectivity index (χ3v) is 11.6. The largest absolute Gasteiger partial charge is 0.354 e. The lowest BCUT2D eigenvalue weighted by Gasteiger charge is -2.43. The van der Waals surface area contributed by atoms with Crippen LogP contribution >= 0.6 is 0 Å². The lowest BCUT2D eigenvalue weighted by atomic mass is 9.57. The SMILES string of the molecule is Cc1cccc(C)c1-c1cc(-c2cccc3c2Nc2ccccc2C3(c2ccccc2)c2ccccc2)c2c(c1)N(c1ccccc1)c1ccccc1B2. The summed E-state index contributed by atoms with van der Waals surface area (Å²) in [6.45, 7) is 4.48. The summed E-state index contributed by atoms with van der Waals surface area (Å²) < 4.78 is 0. The summed E-state index contributed by atoms with van der Waals surface area (Å²) in [7, 11) is 0.833. The third kappa shape index (κ3) is 4.89. The minimum atomic E-state index is -0.539. The van der Waals surface area contributed by atoms with Crippen molar-refractivity contribution in [1.29, 1.82) is 0 Å². The molecular formula is C51H39BN2. The average Bonchev–Trinajstić information content (AvgIpc) is 3.22. The Labute approximate surface area is 318 Å². The monoisotopic (exact) mass is 690 g/mol. The Hall–Kier alpha value is -6.58. The maximum Gasteiger partial charge on any atom is 0.198 e. The molecule has 0 saturated heterocycles. The van der Waals surface area contributed by atoms with Gasteiger partial charge in [0.2, 0.25) is 0 Å². The number of para-hydroxylation sites is 4. The van der Waals surface area contributed by atoms with Crippen LogP contribution in [0.2, 0.25) is 0 Å². The van der Waals surface area contributed by atoms with E-state index in [0.29, 0.717) is 0 Å². The van der Waals surface area contributed by atoms with E-state index >= 15 is 0 Å². The minimum absolute atomic E-state index is 0.539. The smallest absolute Gasteiger partial charge is 0.198 e. The first kappa shape index (κ1) is 32.1. The summed E-state index contributed by atoms with van der Waals surface area (Å²) >= 11 is 0. The number of anilines is 5. The molecule has 0 spiro atoms. The maximum atomic E-state index is 4.04. The molecule has 0 radical (unpaired) electrons. The lowest BCUT2D eigenvalue weighted by molar-refractivity contribution is 0.741. The van der Waals surface area contributed by atoms with Crippen LogP contribution in [-0.4, -0.2) is 7.28 Å². The Morgan fingerprint density at radius 2 is 1.09 bits per heavy atom. The Morgan fingerprint density at radius 1 is 0.500 bits per heavy atom. The molecule has 0 saturated carbocycles. The Bertz CT molecular complexity index is 2620. The molecule has 2 heterocycles. The van der Waals surface area contributed by atoms with Gasteiger partial charge in [-0.05, 0) is 106 Å². The number of aryl methyl sites for hydroxylation is 2. The van der Waals surface area contributed by atoms with Crippen LogP contribution in [0.25, 0.3) is 22.3 Å². The molecule has 2 nitrogen and oxygen atoms in total. The predicted molar refractivity (Wildman–Crippen MR) is 229 cm³/mol. The van der Waals surface area contributed by atoms with E-state index in [4.69, 9.17) is 0 Å². The normalized spacial score (nSPS) is 13.4. The van der Waals surface area contributed by atoms with E-state index in [2.05, 4.69) is 212 Å². The predicted octanol–water partition coefficient (Wildman–Crippen LogP) is 11.2. The van der Waals surface area contributed by atoms with Crippen molar-refractivity contribution in [2.45, 2.75) is 19.3 Å². The highest BCUT2D eigenvalue weighted by atomic mass is 15.1. The van der Waals surface area contributed by atoms with Gasteiger partial charge in [-0.25, -0.2) is 0 Å².